The Hall–Kier alpha value is -0.340. The van der Waals surface area contributed by atoms with E-state index in [0.29, 0.717) is 10.8 Å². The second-order valence-electron chi connectivity index (χ2n) is 9.46. The van der Waals surface area contributed by atoms with Gasteiger partial charge in [-0.2, -0.15) is 0 Å². The largest absolute Gasteiger partial charge is 0.394 e. The molecular formula is C20H34O2. The molecule has 2 nitrogen and oxygen atoms in total. The zero-order valence-corrected chi connectivity index (χ0v) is 14.9. The van der Waals surface area contributed by atoms with Crippen molar-refractivity contribution in [2.45, 2.75) is 85.2 Å². The van der Waals surface area contributed by atoms with E-state index in [1.165, 1.54) is 32.1 Å². The van der Waals surface area contributed by atoms with Crippen molar-refractivity contribution in [1.82, 2.24) is 0 Å². The molecule has 22 heavy (non-hydrogen) atoms. The number of allylic oxidation sites excluding steroid dienone is 2. The third-order valence-electron chi connectivity index (χ3n) is 7.62. The highest BCUT2D eigenvalue weighted by molar-refractivity contribution is 5.31. The molecule has 0 saturated heterocycles. The van der Waals surface area contributed by atoms with E-state index in [0.717, 1.165) is 25.2 Å². The van der Waals surface area contributed by atoms with Crippen LogP contribution in [0.25, 0.3) is 0 Å². The highest BCUT2D eigenvalue weighted by Gasteiger charge is 2.52. The highest BCUT2D eigenvalue weighted by Crippen LogP contribution is 2.63. The molecule has 0 radical (unpaired) electrons. The summed E-state index contributed by atoms with van der Waals surface area (Å²) in [5.74, 6) is 0.819. The van der Waals surface area contributed by atoms with Crippen LogP contribution in [0.4, 0.5) is 0 Å². The lowest BCUT2D eigenvalue weighted by Crippen LogP contribution is -2.48. The topological polar surface area (TPSA) is 40.5 Å². The summed E-state index contributed by atoms with van der Waals surface area (Å²) in [6, 6.07) is 0. The van der Waals surface area contributed by atoms with Crippen LogP contribution in [0.1, 0.15) is 79.1 Å². The van der Waals surface area contributed by atoms with Gasteiger partial charge in [0.2, 0.25) is 0 Å². The Bertz CT molecular complexity index is 478. The summed E-state index contributed by atoms with van der Waals surface area (Å²) >= 11 is 0. The summed E-state index contributed by atoms with van der Waals surface area (Å²) in [6.45, 7) is 9.54. The predicted octanol–water partition coefficient (Wildman–Crippen LogP) is 4.45. The van der Waals surface area contributed by atoms with E-state index in [-0.39, 0.29) is 12.0 Å². The minimum absolute atomic E-state index is 0.105. The second kappa shape index (κ2) is 5.34. The van der Waals surface area contributed by atoms with Crippen molar-refractivity contribution in [2.24, 2.45) is 22.2 Å². The molecule has 126 valence electrons. The fourth-order valence-corrected chi connectivity index (χ4v) is 6.21. The first-order valence-electron chi connectivity index (χ1n) is 9.23. The number of fused-ring (bicyclic) bond motifs is 2. The number of aliphatic hydroxyl groups is 2. The Morgan fingerprint density at radius 2 is 1.82 bits per heavy atom. The van der Waals surface area contributed by atoms with Gasteiger partial charge in [0.25, 0.3) is 0 Å². The standard InChI is InChI=1S/C20H34O2/c1-18(2)9-5-10-20(4)15-8-11-19(3,17(22)13-21)12-14(15)6-7-16(18)20/h16-17,21-22H,5-13H2,1-4H3/t16?,17?,19-,20+/m0/s1. The first-order valence-corrected chi connectivity index (χ1v) is 9.23. The molecular weight excluding hydrogens is 272 g/mol. The summed E-state index contributed by atoms with van der Waals surface area (Å²) in [5, 5.41) is 19.6. The fourth-order valence-electron chi connectivity index (χ4n) is 6.21. The molecule has 0 amide bonds. The van der Waals surface area contributed by atoms with Crippen LogP contribution in [0.15, 0.2) is 11.1 Å². The maximum absolute atomic E-state index is 10.2. The molecule has 0 bridgehead atoms. The molecule has 0 spiro atoms. The summed E-state index contributed by atoms with van der Waals surface area (Å²) in [5.41, 5.74) is 4.09. The Kier molecular flexibility index (Phi) is 4.01. The quantitative estimate of drug-likeness (QED) is 0.740. The van der Waals surface area contributed by atoms with Gasteiger partial charge in [-0.05, 0) is 67.1 Å². The van der Waals surface area contributed by atoms with Crippen LogP contribution < -0.4 is 0 Å². The van der Waals surface area contributed by atoms with E-state index in [1.807, 2.05) is 0 Å². The monoisotopic (exact) mass is 306 g/mol. The van der Waals surface area contributed by atoms with Gasteiger partial charge in [-0.25, -0.2) is 0 Å². The third kappa shape index (κ3) is 2.38. The second-order valence-corrected chi connectivity index (χ2v) is 9.46. The predicted molar refractivity (Wildman–Crippen MR) is 90.5 cm³/mol. The molecule has 0 aliphatic heterocycles. The van der Waals surface area contributed by atoms with Gasteiger partial charge in [0.15, 0.2) is 0 Å². The van der Waals surface area contributed by atoms with Gasteiger partial charge in [-0.1, -0.05) is 45.3 Å². The molecule has 1 fully saturated rings. The van der Waals surface area contributed by atoms with Crippen molar-refractivity contribution >= 4 is 0 Å². The molecule has 4 atom stereocenters. The lowest BCUT2D eigenvalue weighted by Gasteiger charge is -2.57. The zero-order chi connectivity index (χ0) is 16.2. The number of rotatable bonds is 2. The minimum atomic E-state index is -0.574. The lowest BCUT2D eigenvalue weighted by molar-refractivity contribution is -0.0295. The molecule has 3 aliphatic carbocycles. The van der Waals surface area contributed by atoms with Gasteiger partial charge >= 0.3 is 0 Å². The Labute approximate surface area is 136 Å². The summed E-state index contributed by atoms with van der Waals surface area (Å²) in [6.07, 6.45) is 9.17. The van der Waals surface area contributed by atoms with E-state index in [9.17, 15) is 10.2 Å². The summed E-state index contributed by atoms with van der Waals surface area (Å²) < 4.78 is 0. The minimum Gasteiger partial charge on any atom is -0.394 e. The average Bonchev–Trinajstić information content (AvgIpc) is 2.45. The van der Waals surface area contributed by atoms with E-state index in [2.05, 4.69) is 27.7 Å². The van der Waals surface area contributed by atoms with Gasteiger partial charge in [0.05, 0.1) is 12.7 Å². The molecule has 3 rings (SSSR count). The van der Waals surface area contributed by atoms with Gasteiger partial charge < -0.3 is 10.2 Å². The maximum atomic E-state index is 10.2. The first-order chi connectivity index (χ1) is 10.2. The molecule has 0 aromatic heterocycles. The maximum Gasteiger partial charge on any atom is 0.0827 e. The van der Waals surface area contributed by atoms with Crippen molar-refractivity contribution in [2.75, 3.05) is 6.61 Å². The van der Waals surface area contributed by atoms with Crippen molar-refractivity contribution in [1.29, 1.82) is 0 Å². The Morgan fingerprint density at radius 1 is 1.09 bits per heavy atom. The van der Waals surface area contributed by atoms with Gasteiger partial charge in [0.1, 0.15) is 0 Å². The molecule has 0 aromatic carbocycles. The van der Waals surface area contributed by atoms with E-state index < -0.39 is 6.10 Å². The molecule has 1 saturated carbocycles. The van der Waals surface area contributed by atoms with Crippen molar-refractivity contribution in [3.63, 3.8) is 0 Å². The van der Waals surface area contributed by atoms with Gasteiger partial charge in [0, 0.05) is 0 Å². The number of hydrogen-bond acceptors (Lipinski definition) is 2. The molecule has 2 heteroatoms. The average molecular weight is 306 g/mol. The smallest absolute Gasteiger partial charge is 0.0827 e. The molecule has 0 aromatic rings. The zero-order valence-electron chi connectivity index (χ0n) is 14.9. The van der Waals surface area contributed by atoms with Crippen LogP contribution in [0, 0.1) is 22.2 Å². The highest BCUT2D eigenvalue weighted by atomic mass is 16.3. The number of hydrogen-bond donors (Lipinski definition) is 2. The summed E-state index contributed by atoms with van der Waals surface area (Å²) in [4.78, 5) is 0. The summed E-state index contributed by atoms with van der Waals surface area (Å²) in [7, 11) is 0. The fraction of sp³-hybridized carbons (Fsp3) is 0.900. The van der Waals surface area contributed by atoms with Crippen molar-refractivity contribution in [3.8, 4) is 0 Å². The van der Waals surface area contributed by atoms with Crippen LogP contribution in [0.3, 0.4) is 0 Å². The molecule has 2 unspecified atom stereocenters. The molecule has 2 N–H and O–H groups in total. The SMILES string of the molecule is CC1(C)CCC[C@]2(C)C3=C(CCC12)C[C@@](C)(C(O)CO)CC3. The Balaban J connectivity index is 1.93. The van der Waals surface area contributed by atoms with Crippen LogP contribution in [0.5, 0.6) is 0 Å². The van der Waals surface area contributed by atoms with Crippen molar-refractivity contribution in [3.05, 3.63) is 11.1 Å². The lowest BCUT2D eigenvalue weighted by atomic mass is 9.48. The normalized spacial score (nSPS) is 42.5. The first kappa shape index (κ1) is 16.5. The van der Waals surface area contributed by atoms with E-state index in [1.54, 1.807) is 11.1 Å². The van der Waals surface area contributed by atoms with Crippen LogP contribution in [-0.4, -0.2) is 22.9 Å². The van der Waals surface area contributed by atoms with Crippen LogP contribution in [0.2, 0.25) is 0 Å². The van der Waals surface area contributed by atoms with E-state index >= 15 is 0 Å². The van der Waals surface area contributed by atoms with E-state index in [4.69, 9.17) is 0 Å². The van der Waals surface area contributed by atoms with Crippen LogP contribution >= 0.6 is 0 Å². The van der Waals surface area contributed by atoms with Crippen LogP contribution in [-0.2, 0) is 0 Å². The van der Waals surface area contributed by atoms with Gasteiger partial charge in [-0.15, -0.1) is 0 Å². The third-order valence-corrected chi connectivity index (χ3v) is 7.62. The number of aliphatic hydroxyl groups excluding tert-OH is 2. The van der Waals surface area contributed by atoms with Gasteiger partial charge in [-0.3, -0.25) is 0 Å². The van der Waals surface area contributed by atoms with Crippen molar-refractivity contribution < 1.29 is 10.2 Å². The Morgan fingerprint density at radius 3 is 2.50 bits per heavy atom. The molecule has 0 heterocycles. The molecule has 3 aliphatic rings.